The number of carbonyl (C=O) groups excluding carboxylic acids is 1. The van der Waals surface area contributed by atoms with E-state index in [0.29, 0.717) is 24.4 Å². The van der Waals surface area contributed by atoms with Gasteiger partial charge in [-0.3, -0.25) is 4.79 Å². The maximum absolute atomic E-state index is 11.7. The SMILES string of the molecule is CC(N)CCC(=O)Nc1cccnc1OC(C)C. The summed E-state index contributed by atoms with van der Waals surface area (Å²) in [6.45, 7) is 5.71. The molecule has 1 unspecified atom stereocenters. The van der Waals surface area contributed by atoms with E-state index in [0.717, 1.165) is 0 Å². The smallest absolute Gasteiger partial charge is 0.238 e. The van der Waals surface area contributed by atoms with Crippen molar-refractivity contribution in [1.82, 2.24) is 4.98 Å². The average Bonchev–Trinajstić information content (AvgIpc) is 2.28. The molecule has 1 amide bonds. The van der Waals surface area contributed by atoms with Gasteiger partial charge in [0.25, 0.3) is 0 Å². The number of rotatable bonds is 6. The van der Waals surface area contributed by atoms with Crippen LogP contribution in [-0.4, -0.2) is 23.0 Å². The molecule has 100 valence electrons. The van der Waals surface area contributed by atoms with Gasteiger partial charge in [-0.15, -0.1) is 0 Å². The molecule has 3 N–H and O–H groups in total. The summed E-state index contributed by atoms with van der Waals surface area (Å²) in [5, 5.41) is 2.79. The van der Waals surface area contributed by atoms with Gasteiger partial charge in [0.05, 0.1) is 6.10 Å². The molecule has 0 fully saturated rings. The molecule has 5 nitrogen and oxygen atoms in total. The van der Waals surface area contributed by atoms with Gasteiger partial charge in [-0.25, -0.2) is 4.98 Å². The minimum absolute atomic E-state index is 0.0135. The van der Waals surface area contributed by atoms with Crippen LogP contribution in [0.5, 0.6) is 5.88 Å². The highest BCUT2D eigenvalue weighted by Crippen LogP contribution is 2.21. The quantitative estimate of drug-likeness (QED) is 0.810. The first kappa shape index (κ1) is 14.4. The number of amides is 1. The van der Waals surface area contributed by atoms with E-state index in [1.807, 2.05) is 20.8 Å². The number of hydrogen-bond acceptors (Lipinski definition) is 4. The zero-order valence-electron chi connectivity index (χ0n) is 11.1. The van der Waals surface area contributed by atoms with E-state index in [1.165, 1.54) is 0 Å². The number of aromatic nitrogens is 1. The van der Waals surface area contributed by atoms with E-state index in [2.05, 4.69) is 10.3 Å². The molecular weight excluding hydrogens is 230 g/mol. The zero-order valence-corrected chi connectivity index (χ0v) is 11.1. The molecule has 18 heavy (non-hydrogen) atoms. The Kier molecular flexibility index (Phi) is 5.58. The third-order valence-corrected chi connectivity index (χ3v) is 2.22. The Morgan fingerprint density at radius 1 is 1.50 bits per heavy atom. The maximum Gasteiger partial charge on any atom is 0.238 e. The number of anilines is 1. The molecule has 1 heterocycles. The Labute approximate surface area is 108 Å². The van der Waals surface area contributed by atoms with Crippen LogP contribution in [0.3, 0.4) is 0 Å². The van der Waals surface area contributed by atoms with E-state index in [1.54, 1.807) is 18.3 Å². The lowest BCUT2D eigenvalue weighted by atomic mass is 10.2. The average molecular weight is 251 g/mol. The van der Waals surface area contributed by atoms with Gasteiger partial charge in [0.15, 0.2) is 0 Å². The van der Waals surface area contributed by atoms with Crippen LogP contribution >= 0.6 is 0 Å². The summed E-state index contributed by atoms with van der Waals surface area (Å²) < 4.78 is 5.52. The number of carbonyl (C=O) groups is 1. The maximum atomic E-state index is 11.7. The summed E-state index contributed by atoms with van der Waals surface area (Å²) in [6, 6.07) is 3.55. The molecule has 1 atom stereocenters. The van der Waals surface area contributed by atoms with Gasteiger partial charge in [-0.1, -0.05) is 0 Å². The second kappa shape index (κ2) is 6.96. The van der Waals surface area contributed by atoms with Crippen LogP contribution in [0.2, 0.25) is 0 Å². The lowest BCUT2D eigenvalue weighted by molar-refractivity contribution is -0.116. The normalized spacial score (nSPS) is 12.3. The molecule has 0 aromatic carbocycles. The van der Waals surface area contributed by atoms with Gasteiger partial charge in [-0.05, 0) is 39.3 Å². The van der Waals surface area contributed by atoms with E-state index in [-0.39, 0.29) is 18.1 Å². The standard InChI is InChI=1S/C13H21N3O2/c1-9(2)18-13-11(5-4-8-15-13)16-12(17)7-6-10(3)14/h4-5,8-10H,6-7,14H2,1-3H3,(H,16,17). The second-order valence-corrected chi connectivity index (χ2v) is 4.59. The van der Waals surface area contributed by atoms with Crippen molar-refractivity contribution >= 4 is 11.6 Å². The van der Waals surface area contributed by atoms with Crippen molar-refractivity contribution in [2.45, 2.75) is 45.8 Å². The largest absolute Gasteiger partial charge is 0.473 e. The molecule has 0 aliphatic heterocycles. The first-order valence-corrected chi connectivity index (χ1v) is 6.16. The molecule has 0 aliphatic carbocycles. The fourth-order valence-electron chi connectivity index (χ4n) is 1.37. The number of nitrogens with zero attached hydrogens (tertiary/aromatic N) is 1. The predicted molar refractivity (Wildman–Crippen MR) is 71.5 cm³/mol. The van der Waals surface area contributed by atoms with Crippen molar-refractivity contribution in [2.24, 2.45) is 5.73 Å². The van der Waals surface area contributed by atoms with E-state index in [9.17, 15) is 4.79 Å². The van der Waals surface area contributed by atoms with Crippen molar-refractivity contribution in [3.8, 4) is 5.88 Å². The fourth-order valence-corrected chi connectivity index (χ4v) is 1.37. The summed E-state index contributed by atoms with van der Waals surface area (Å²) in [6.07, 6.45) is 2.70. The van der Waals surface area contributed by atoms with Gasteiger partial charge in [0, 0.05) is 18.7 Å². The molecular formula is C13H21N3O2. The summed E-state index contributed by atoms with van der Waals surface area (Å²) in [7, 11) is 0. The molecule has 0 bridgehead atoms. The fraction of sp³-hybridized carbons (Fsp3) is 0.538. The number of ether oxygens (including phenoxy) is 1. The van der Waals surface area contributed by atoms with Crippen molar-refractivity contribution in [1.29, 1.82) is 0 Å². The number of nitrogens with one attached hydrogen (secondary N) is 1. The van der Waals surface area contributed by atoms with Gasteiger partial charge >= 0.3 is 0 Å². The molecule has 1 aromatic rings. The van der Waals surface area contributed by atoms with Gasteiger partial charge in [0.2, 0.25) is 11.8 Å². The molecule has 0 aliphatic rings. The van der Waals surface area contributed by atoms with Crippen LogP contribution < -0.4 is 15.8 Å². The number of pyridine rings is 1. The van der Waals surface area contributed by atoms with Crippen LogP contribution in [0.15, 0.2) is 18.3 Å². The van der Waals surface area contributed by atoms with Gasteiger partial charge < -0.3 is 15.8 Å². The Hall–Kier alpha value is -1.62. The first-order valence-electron chi connectivity index (χ1n) is 6.16. The number of hydrogen-bond donors (Lipinski definition) is 2. The summed E-state index contributed by atoms with van der Waals surface area (Å²) in [4.78, 5) is 15.8. The van der Waals surface area contributed by atoms with Gasteiger partial charge in [-0.2, -0.15) is 0 Å². The van der Waals surface area contributed by atoms with Crippen LogP contribution in [-0.2, 0) is 4.79 Å². The lowest BCUT2D eigenvalue weighted by Crippen LogP contribution is -2.20. The molecule has 0 radical (unpaired) electrons. The molecule has 5 heteroatoms. The Morgan fingerprint density at radius 2 is 2.22 bits per heavy atom. The third-order valence-electron chi connectivity index (χ3n) is 2.22. The second-order valence-electron chi connectivity index (χ2n) is 4.59. The monoisotopic (exact) mass is 251 g/mol. The van der Waals surface area contributed by atoms with Crippen LogP contribution in [0.25, 0.3) is 0 Å². The lowest BCUT2D eigenvalue weighted by Gasteiger charge is -2.13. The van der Waals surface area contributed by atoms with E-state index < -0.39 is 0 Å². The van der Waals surface area contributed by atoms with Crippen molar-refractivity contribution in [2.75, 3.05) is 5.32 Å². The first-order chi connectivity index (χ1) is 8.49. The molecule has 0 saturated heterocycles. The Morgan fingerprint density at radius 3 is 2.83 bits per heavy atom. The van der Waals surface area contributed by atoms with Crippen LogP contribution in [0.1, 0.15) is 33.6 Å². The Bertz CT molecular complexity index is 392. The van der Waals surface area contributed by atoms with Crippen molar-refractivity contribution in [3.63, 3.8) is 0 Å². The van der Waals surface area contributed by atoms with E-state index in [4.69, 9.17) is 10.5 Å². The summed E-state index contributed by atoms with van der Waals surface area (Å²) >= 11 is 0. The minimum atomic E-state index is -0.0751. The van der Waals surface area contributed by atoms with E-state index >= 15 is 0 Å². The summed E-state index contributed by atoms with van der Waals surface area (Å²) in [5.41, 5.74) is 6.21. The Balaban J connectivity index is 2.63. The molecule has 1 aromatic heterocycles. The minimum Gasteiger partial charge on any atom is -0.473 e. The van der Waals surface area contributed by atoms with Crippen molar-refractivity contribution < 1.29 is 9.53 Å². The molecule has 1 rings (SSSR count). The molecule has 0 spiro atoms. The number of nitrogens with two attached hydrogens (primary N) is 1. The third kappa shape index (κ3) is 5.14. The highest BCUT2D eigenvalue weighted by molar-refractivity contribution is 5.91. The van der Waals surface area contributed by atoms with Gasteiger partial charge in [0.1, 0.15) is 5.69 Å². The zero-order chi connectivity index (χ0) is 13.5. The summed E-state index contributed by atoms with van der Waals surface area (Å²) in [5.74, 6) is 0.371. The highest BCUT2D eigenvalue weighted by atomic mass is 16.5. The molecule has 0 saturated carbocycles. The predicted octanol–water partition coefficient (Wildman–Crippen LogP) is 1.93. The van der Waals surface area contributed by atoms with Crippen LogP contribution in [0.4, 0.5) is 5.69 Å². The van der Waals surface area contributed by atoms with Crippen LogP contribution in [0, 0.1) is 0 Å². The topological polar surface area (TPSA) is 77.2 Å². The van der Waals surface area contributed by atoms with Crippen molar-refractivity contribution in [3.05, 3.63) is 18.3 Å². The highest BCUT2D eigenvalue weighted by Gasteiger charge is 2.10.